The fourth-order valence-corrected chi connectivity index (χ4v) is 2.35. The Bertz CT molecular complexity index is 661. The number of aromatic amines is 1. The lowest BCUT2D eigenvalue weighted by atomic mass is 10.3. The second-order valence-electron chi connectivity index (χ2n) is 3.05. The van der Waals surface area contributed by atoms with Crippen LogP contribution < -0.4 is 10.3 Å². The molecule has 1 aromatic heterocycles. The topological polar surface area (TPSA) is 94.5 Å². The van der Waals surface area contributed by atoms with Gasteiger partial charge in [0, 0.05) is 5.02 Å². The first-order valence-corrected chi connectivity index (χ1v) is 5.60. The van der Waals surface area contributed by atoms with E-state index in [1.165, 1.54) is 0 Å². The van der Waals surface area contributed by atoms with Crippen LogP contribution >= 0.6 is 22.9 Å². The van der Waals surface area contributed by atoms with Crippen LogP contribution in [0.1, 0.15) is 0 Å². The van der Waals surface area contributed by atoms with Gasteiger partial charge in [0.1, 0.15) is 6.21 Å². The largest absolute Gasteiger partial charge is 0.477 e. The number of halogens is 1. The lowest BCUT2D eigenvalue weighted by Crippen LogP contribution is -1.99. The maximum Gasteiger partial charge on any atom is 0.348 e. The Morgan fingerprint density at radius 3 is 3.06 bits per heavy atom. The number of hydrazone groups is 1. The molecule has 0 fully saturated rings. The lowest BCUT2D eigenvalue weighted by molar-refractivity contribution is -0.128. The molecule has 0 aliphatic rings. The van der Waals surface area contributed by atoms with Gasteiger partial charge in [-0.1, -0.05) is 22.9 Å². The zero-order chi connectivity index (χ0) is 12.4. The predicted octanol–water partition coefficient (Wildman–Crippen LogP) is 1.73. The van der Waals surface area contributed by atoms with E-state index >= 15 is 0 Å². The molecule has 6 nitrogen and oxygen atoms in total. The number of nitrogens with zero attached hydrogens (tertiary/aromatic N) is 1. The van der Waals surface area contributed by atoms with Crippen LogP contribution in [0.4, 0.5) is 5.69 Å². The van der Waals surface area contributed by atoms with E-state index in [1.54, 1.807) is 12.1 Å². The average Bonchev–Trinajstić information content (AvgIpc) is 2.57. The first kappa shape index (κ1) is 11.6. The Hall–Kier alpha value is -1.86. The van der Waals surface area contributed by atoms with E-state index in [0.29, 0.717) is 27.1 Å². The number of benzene rings is 1. The molecule has 1 aromatic carbocycles. The minimum Gasteiger partial charge on any atom is -0.477 e. The number of carbonyl (C=O) groups is 1. The Morgan fingerprint density at radius 1 is 1.59 bits per heavy atom. The van der Waals surface area contributed by atoms with E-state index in [1.807, 2.05) is 0 Å². The molecule has 0 saturated carbocycles. The molecule has 0 aliphatic carbocycles. The fourth-order valence-electron chi connectivity index (χ4n) is 1.26. The number of thiazole rings is 1. The quantitative estimate of drug-likeness (QED) is 0.585. The first-order chi connectivity index (χ1) is 8.06. The van der Waals surface area contributed by atoms with Crippen molar-refractivity contribution < 1.29 is 9.90 Å². The van der Waals surface area contributed by atoms with E-state index in [0.717, 1.165) is 11.3 Å². The van der Waals surface area contributed by atoms with E-state index in [-0.39, 0.29) is 4.87 Å². The van der Waals surface area contributed by atoms with Crippen molar-refractivity contribution in [2.75, 3.05) is 5.43 Å². The third kappa shape index (κ3) is 2.63. The van der Waals surface area contributed by atoms with Crippen molar-refractivity contribution in [3.63, 3.8) is 0 Å². The van der Waals surface area contributed by atoms with Crippen LogP contribution in [-0.4, -0.2) is 22.3 Å². The number of hydrogen-bond acceptors (Lipinski definition) is 5. The second-order valence-corrected chi connectivity index (χ2v) is 4.50. The van der Waals surface area contributed by atoms with Crippen molar-refractivity contribution in [2.45, 2.75) is 0 Å². The standard InChI is InChI=1S/C9H6ClN3O3S/c10-4-1-5(13-11-3-7(14)15)8-6(2-4)17-9(16)12-8/h1-3,13H,(H,12,16)(H,14,15). The molecular formula is C9H6ClN3O3S. The van der Waals surface area contributed by atoms with Crippen molar-refractivity contribution in [1.82, 2.24) is 4.98 Å². The molecule has 2 aromatic rings. The minimum atomic E-state index is -1.17. The molecule has 1 heterocycles. The van der Waals surface area contributed by atoms with Crippen molar-refractivity contribution >= 4 is 51.0 Å². The van der Waals surface area contributed by atoms with Gasteiger partial charge in [0.05, 0.1) is 15.9 Å². The number of aliphatic carboxylic acids is 1. The minimum absolute atomic E-state index is 0.215. The highest BCUT2D eigenvalue weighted by atomic mass is 35.5. The van der Waals surface area contributed by atoms with Crippen molar-refractivity contribution in [3.8, 4) is 0 Å². The highest BCUT2D eigenvalue weighted by Gasteiger charge is 2.06. The van der Waals surface area contributed by atoms with Crippen LogP contribution in [0.25, 0.3) is 10.2 Å². The number of hydrogen-bond donors (Lipinski definition) is 3. The summed E-state index contributed by atoms with van der Waals surface area (Å²) in [5.74, 6) is -1.17. The van der Waals surface area contributed by atoms with Crippen LogP contribution in [0, 0.1) is 0 Å². The molecule has 8 heteroatoms. The highest BCUT2D eigenvalue weighted by Crippen LogP contribution is 2.27. The zero-order valence-electron chi connectivity index (χ0n) is 8.23. The molecule has 0 atom stereocenters. The van der Waals surface area contributed by atoms with Crippen molar-refractivity contribution in [3.05, 3.63) is 26.8 Å². The molecule has 0 aliphatic heterocycles. The normalized spacial score (nSPS) is 11.1. The molecule has 0 saturated heterocycles. The maximum atomic E-state index is 11.2. The molecule has 0 radical (unpaired) electrons. The maximum absolute atomic E-state index is 11.2. The molecule has 0 bridgehead atoms. The van der Waals surface area contributed by atoms with Crippen LogP contribution in [-0.2, 0) is 4.79 Å². The number of carboxylic acids is 1. The summed E-state index contributed by atoms with van der Waals surface area (Å²) in [6, 6.07) is 3.19. The van der Waals surface area contributed by atoms with E-state index in [9.17, 15) is 9.59 Å². The molecule has 2 rings (SSSR count). The van der Waals surface area contributed by atoms with Gasteiger partial charge in [0.2, 0.25) is 0 Å². The van der Waals surface area contributed by atoms with Gasteiger partial charge in [-0.2, -0.15) is 5.10 Å². The summed E-state index contributed by atoms with van der Waals surface area (Å²) in [6.45, 7) is 0. The second kappa shape index (κ2) is 4.56. The first-order valence-electron chi connectivity index (χ1n) is 4.40. The molecule has 0 amide bonds. The number of fused-ring (bicyclic) bond motifs is 1. The molecular weight excluding hydrogens is 266 g/mol. The van der Waals surface area contributed by atoms with Gasteiger partial charge in [0.25, 0.3) is 0 Å². The molecule has 17 heavy (non-hydrogen) atoms. The van der Waals surface area contributed by atoms with Gasteiger partial charge >= 0.3 is 10.8 Å². The van der Waals surface area contributed by atoms with Crippen molar-refractivity contribution in [2.24, 2.45) is 5.10 Å². The van der Waals surface area contributed by atoms with Crippen LogP contribution in [0.3, 0.4) is 0 Å². The average molecular weight is 272 g/mol. The molecule has 0 unspecified atom stereocenters. The number of H-pyrrole nitrogens is 1. The molecule has 88 valence electrons. The number of carboxylic acid groups (broad SMARTS) is 1. The van der Waals surface area contributed by atoms with E-state index in [4.69, 9.17) is 16.7 Å². The van der Waals surface area contributed by atoms with Gasteiger partial charge in [-0.25, -0.2) is 4.79 Å². The molecule has 3 N–H and O–H groups in total. The summed E-state index contributed by atoms with van der Waals surface area (Å²) in [5.41, 5.74) is 3.51. The van der Waals surface area contributed by atoms with E-state index < -0.39 is 5.97 Å². The Morgan fingerprint density at radius 2 is 2.35 bits per heavy atom. The summed E-state index contributed by atoms with van der Waals surface area (Å²) in [5, 5.41) is 12.3. The third-order valence-electron chi connectivity index (χ3n) is 1.86. The lowest BCUT2D eigenvalue weighted by Gasteiger charge is -2.01. The fraction of sp³-hybridized carbons (Fsp3) is 0. The van der Waals surface area contributed by atoms with Gasteiger partial charge in [-0.05, 0) is 12.1 Å². The summed E-state index contributed by atoms with van der Waals surface area (Å²) >= 11 is 6.87. The van der Waals surface area contributed by atoms with Gasteiger partial charge in [0.15, 0.2) is 0 Å². The summed E-state index contributed by atoms with van der Waals surface area (Å²) in [6.07, 6.45) is 0.706. The summed E-state index contributed by atoms with van der Waals surface area (Å²) < 4.78 is 0.676. The predicted molar refractivity (Wildman–Crippen MR) is 67.2 cm³/mol. The van der Waals surface area contributed by atoms with Crippen LogP contribution in [0.15, 0.2) is 22.0 Å². The van der Waals surface area contributed by atoms with Gasteiger partial charge in [-0.15, -0.1) is 0 Å². The number of rotatable bonds is 3. The third-order valence-corrected chi connectivity index (χ3v) is 2.90. The SMILES string of the molecule is O=C(O)C=NNc1cc(Cl)cc2sc(=O)[nH]c12. The summed E-state index contributed by atoms with van der Waals surface area (Å²) in [7, 11) is 0. The Labute approximate surface area is 104 Å². The summed E-state index contributed by atoms with van der Waals surface area (Å²) in [4.78, 5) is 23.8. The van der Waals surface area contributed by atoms with Gasteiger partial charge in [-0.3, -0.25) is 10.2 Å². The monoisotopic (exact) mass is 271 g/mol. The Kier molecular flexibility index (Phi) is 3.12. The zero-order valence-corrected chi connectivity index (χ0v) is 9.80. The van der Waals surface area contributed by atoms with Crippen molar-refractivity contribution in [1.29, 1.82) is 0 Å². The van der Waals surface area contributed by atoms with Gasteiger partial charge < -0.3 is 10.1 Å². The highest BCUT2D eigenvalue weighted by molar-refractivity contribution is 7.16. The van der Waals surface area contributed by atoms with Crippen LogP contribution in [0.2, 0.25) is 5.02 Å². The number of anilines is 1. The van der Waals surface area contributed by atoms with E-state index in [2.05, 4.69) is 15.5 Å². The Balaban J connectivity index is 2.45. The smallest absolute Gasteiger partial charge is 0.348 e. The molecule has 0 spiro atoms. The van der Waals surface area contributed by atoms with Crippen LogP contribution in [0.5, 0.6) is 0 Å². The number of aromatic nitrogens is 1. The number of nitrogens with one attached hydrogen (secondary N) is 2.